The van der Waals surface area contributed by atoms with E-state index in [9.17, 15) is 4.79 Å². The van der Waals surface area contributed by atoms with Gasteiger partial charge < -0.3 is 5.32 Å². The molecule has 5 nitrogen and oxygen atoms in total. The van der Waals surface area contributed by atoms with Crippen molar-refractivity contribution >= 4 is 5.91 Å². The second-order valence-corrected chi connectivity index (χ2v) is 6.01. The Morgan fingerprint density at radius 2 is 2.00 bits per heavy atom. The standard InChI is InChI=1S/C20H22N4O/c1-3-18(16-7-5-4-6-8-16)20(25)22-13-15-11-17(14-21-12-15)19-9-10-23-24(19)2/h4-12,14,18H,3,13H2,1-2H3,(H,22,25). The summed E-state index contributed by atoms with van der Waals surface area (Å²) in [6, 6.07) is 13.9. The molecule has 3 rings (SSSR count). The van der Waals surface area contributed by atoms with E-state index < -0.39 is 0 Å². The second-order valence-electron chi connectivity index (χ2n) is 6.01. The van der Waals surface area contributed by atoms with Crippen molar-refractivity contribution < 1.29 is 4.79 Å². The van der Waals surface area contributed by atoms with Gasteiger partial charge in [-0.1, -0.05) is 37.3 Å². The molecule has 0 bridgehead atoms. The number of hydrogen-bond acceptors (Lipinski definition) is 3. The Balaban J connectivity index is 1.69. The first-order valence-corrected chi connectivity index (χ1v) is 8.44. The number of carbonyl (C=O) groups excluding carboxylic acids is 1. The summed E-state index contributed by atoms with van der Waals surface area (Å²) in [4.78, 5) is 16.9. The molecule has 0 aliphatic rings. The van der Waals surface area contributed by atoms with Crippen LogP contribution in [-0.2, 0) is 18.4 Å². The van der Waals surface area contributed by atoms with Crippen LogP contribution in [0.15, 0.2) is 61.1 Å². The fraction of sp³-hybridized carbons (Fsp3) is 0.250. The maximum absolute atomic E-state index is 12.6. The number of pyridine rings is 1. The molecule has 0 fully saturated rings. The van der Waals surface area contributed by atoms with E-state index in [-0.39, 0.29) is 11.8 Å². The van der Waals surface area contributed by atoms with Gasteiger partial charge in [-0.2, -0.15) is 5.10 Å². The van der Waals surface area contributed by atoms with E-state index in [0.717, 1.165) is 28.8 Å². The summed E-state index contributed by atoms with van der Waals surface area (Å²) in [5.41, 5.74) is 4.00. The highest BCUT2D eigenvalue weighted by atomic mass is 16.1. The largest absolute Gasteiger partial charge is 0.351 e. The van der Waals surface area contributed by atoms with Crippen molar-refractivity contribution in [3.63, 3.8) is 0 Å². The summed E-state index contributed by atoms with van der Waals surface area (Å²) in [5, 5.41) is 7.22. The first-order valence-electron chi connectivity index (χ1n) is 8.44. The Morgan fingerprint density at radius 3 is 2.68 bits per heavy atom. The molecule has 0 saturated heterocycles. The molecule has 1 aromatic carbocycles. The molecular weight excluding hydrogens is 312 g/mol. The predicted molar refractivity (Wildman–Crippen MR) is 97.8 cm³/mol. The molecule has 25 heavy (non-hydrogen) atoms. The van der Waals surface area contributed by atoms with E-state index in [1.54, 1.807) is 18.6 Å². The van der Waals surface area contributed by atoms with Gasteiger partial charge in [0.25, 0.3) is 0 Å². The summed E-state index contributed by atoms with van der Waals surface area (Å²) in [6.07, 6.45) is 6.11. The monoisotopic (exact) mass is 334 g/mol. The third kappa shape index (κ3) is 3.94. The summed E-state index contributed by atoms with van der Waals surface area (Å²) in [6.45, 7) is 2.49. The molecule has 0 spiro atoms. The van der Waals surface area contributed by atoms with Gasteiger partial charge in [-0.15, -0.1) is 0 Å². The minimum atomic E-state index is -0.130. The predicted octanol–water partition coefficient (Wildman–Crippen LogP) is 3.29. The number of amides is 1. The van der Waals surface area contributed by atoms with Gasteiger partial charge in [0, 0.05) is 37.7 Å². The molecule has 0 aliphatic carbocycles. The van der Waals surface area contributed by atoms with Crippen LogP contribution in [0.4, 0.5) is 0 Å². The number of aromatic nitrogens is 3. The number of nitrogens with one attached hydrogen (secondary N) is 1. The van der Waals surface area contributed by atoms with Crippen LogP contribution in [0.5, 0.6) is 0 Å². The van der Waals surface area contributed by atoms with Crippen LogP contribution in [0.25, 0.3) is 11.3 Å². The molecule has 3 aromatic rings. The van der Waals surface area contributed by atoms with E-state index >= 15 is 0 Å². The average molecular weight is 334 g/mol. The highest BCUT2D eigenvalue weighted by Gasteiger charge is 2.18. The van der Waals surface area contributed by atoms with Crippen molar-refractivity contribution in [2.24, 2.45) is 7.05 Å². The van der Waals surface area contributed by atoms with Gasteiger partial charge in [-0.05, 0) is 29.7 Å². The Bertz CT molecular complexity index is 842. The van der Waals surface area contributed by atoms with E-state index in [1.165, 1.54) is 0 Å². The topological polar surface area (TPSA) is 59.8 Å². The van der Waals surface area contributed by atoms with Crippen LogP contribution in [0.3, 0.4) is 0 Å². The zero-order valence-corrected chi connectivity index (χ0v) is 14.5. The van der Waals surface area contributed by atoms with Crippen LogP contribution >= 0.6 is 0 Å². The number of carbonyl (C=O) groups is 1. The highest BCUT2D eigenvalue weighted by molar-refractivity contribution is 5.83. The number of aryl methyl sites for hydroxylation is 1. The van der Waals surface area contributed by atoms with Gasteiger partial charge in [-0.3, -0.25) is 14.5 Å². The molecule has 1 amide bonds. The van der Waals surface area contributed by atoms with Gasteiger partial charge in [0.2, 0.25) is 5.91 Å². The van der Waals surface area contributed by atoms with Crippen LogP contribution in [-0.4, -0.2) is 20.7 Å². The molecule has 0 aliphatic heterocycles. The number of nitrogens with zero attached hydrogens (tertiary/aromatic N) is 3. The Hall–Kier alpha value is -2.95. The summed E-state index contributed by atoms with van der Waals surface area (Å²) in [7, 11) is 1.90. The van der Waals surface area contributed by atoms with Gasteiger partial charge in [0.05, 0.1) is 11.6 Å². The quantitative estimate of drug-likeness (QED) is 0.752. The lowest BCUT2D eigenvalue weighted by atomic mass is 9.95. The minimum absolute atomic E-state index is 0.0413. The SMILES string of the molecule is CCC(C(=O)NCc1cncc(-c2ccnn2C)c1)c1ccccc1. The highest BCUT2D eigenvalue weighted by Crippen LogP contribution is 2.20. The Morgan fingerprint density at radius 1 is 1.20 bits per heavy atom. The second kappa shape index (κ2) is 7.75. The molecule has 5 heteroatoms. The minimum Gasteiger partial charge on any atom is -0.351 e. The lowest BCUT2D eigenvalue weighted by Gasteiger charge is -2.15. The van der Waals surface area contributed by atoms with Gasteiger partial charge in [-0.25, -0.2) is 0 Å². The van der Waals surface area contributed by atoms with Crippen molar-refractivity contribution in [2.45, 2.75) is 25.8 Å². The third-order valence-electron chi connectivity index (χ3n) is 4.30. The van der Waals surface area contributed by atoms with Crippen LogP contribution in [0.1, 0.15) is 30.4 Å². The van der Waals surface area contributed by atoms with Crippen molar-refractivity contribution in [2.75, 3.05) is 0 Å². The van der Waals surface area contributed by atoms with E-state index in [1.807, 2.05) is 61.1 Å². The first-order chi connectivity index (χ1) is 12.2. The zero-order valence-electron chi connectivity index (χ0n) is 14.5. The number of benzene rings is 1. The Labute approximate surface area is 147 Å². The van der Waals surface area contributed by atoms with Crippen molar-refractivity contribution in [1.82, 2.24) is 20.1 Å². The Kier molecular flexibility index (Phi) is 5.23. The molecule has 0 saturated carbocycles. The molecule has 0 radical (unpaired) electrons. The lowest BCUT2D eigenvalue weighted by Crippen LogP contribution is -2.28. The fourth-order valence-electron chi connectivity index (χ4n) is 2.95. The van der Waals surface area contributed by atoms with Gasteiger partial charge >= 0.3 is 0 Å². The molecule has 128 valence electrons. The third-order valence-corrected chi connectivity index (χ3v) is 4.30. The van der Waals surface area contributed by atoms with Crippen molar-refractivity contribution in [3.8, 4) is 11.3 Å². The fourth-order valence-corrected chi connectivity index (χ4v) is 2.95. The van der Waals surface area contributed by atoms with E-state index in [2.05, 4.69) is 15.4 Å². The molecular formula is C20H22N4O. The van der Waals surface area contributed by atoms with Crippen LogP contribution in [0, 0.1) is 0 Å². The zero-order chi connectivity index (χ0) is 17.6. The van der Waals surface area contributed by atoms with E-state index in [4.69, 9.17) is 0 Å². The number of rotatable bonds is 6. The molecule has 2 aromatic heterocycles. The van der Waals surface area contributed by atoms with Gasteiger partial charge in [0.15, 0.2) is 0 Å². The molecule has 1 N–H and O–H groups in total. The molecule has 2 heterocycles. The van der Waals surface area contributed by atoms with Crippen molar-refractivity contribution in [3.05, 3.63) is 72.2 Å². The summed E-state index contributed by atoms with van der Waals surface area (Å²) in [5.74, 6) is -0.0888. The first kappa shape index (κ1) is 16.9. The maximum atomic E-state index is 12.6. The van der Waals surface area contributed by atoms with Gasteiger partial charge in [0.1, 0.15) is 0 Å². The van der Waals surface area contributed by atoms with Crippen molar-refractivity contribution in [1.29, 1.82) is 0 Å². The maximum Gasteiger partial charge on any atom is 0.227 e. The van der Waals surface area contributed by atoms with Crippen LogP contribution < -0.4 is 5.32 Å². The summed E-state index contributed by atoms with van der Waals surface area (Å²) >= 11 is 0. The van der Waals surface area contributed by atoms with Crippen LogP contribution in [0.2, 0.25) is 0 Å². The summed E-state index contributed by atoms with van der Waals surface area (Å²) < 4.78 is 1.81. The number of hydrogen-bond donors (Lipinski definition) is 1. The smallest absolute Gasteiger partial charge is 0.227 e. The normalized spacial score (nSPS) is 11.9. The average Bonchev–Trinajstić information content (AvgIpc) is 3.08. The molecule has 1 unspecified atom stereocenters. The lowest BCUT2D eigenvalue weighted by molar-refractivity contribution is -0.122. The molecule has 1 atom stereocenters. The van der Waals surface area contributed by atoms with E-state index in [0.29, 0.717) is 6.54 Å².